The molecule has 0 spiro atoms. The first-order valence-corrected chi connectivity index (χ1v) is 11.5. The summed E-state index contributed by atoms with van der Waals surface area (Å²) in [6, 6.07) is 6.33. The lowest BCUT2D eigenvalue weighted by atomic mass is 9.77. The number of likely N-dealkylation sites (tertiary alicyclic amines) is 1. The van der Waals surface area contributed by atoms with Gasteiger partial charge in [0.1, 0.15) is 0 Å². The van der Waals surface area contributed by atoms with E-state index in [0.29, 0.717) is 24.1 Å². The van der Waals surface area contributed by atoms with Crippen LogP contribution in [-0.2, 0) is 19.4 Å². The number of hydrogen-bond acceptors (Lipinski definition) is 4. The molecule has 4 atom stereocenters. The van der Waals surface area contributed by atoms with E-state index in [4.69, 9.17) is 0 Å². The molecule has 2 fully saturated rings. The molecule has 1 saturated carbocycles. The Morgan fingerprint density at radius 2 is 1.81 bits per heavy atom. The SMILES string of the molecule is C[C@H]1[C@H](N2C[C@H](C(=O)Nc3ccc(S(C)(=O)=O)cc3)CC2=O)CCC[C@@H]1C. The van der Waals surface area contributed by atoms with Gasteiger partial charge in [-0.05, 0) is 42.5 Å². The van der Waals surface area contributed by atoms with Crippen LogP contribution in [0.1, 0.15) is 39.5 Å². The smallest absolute Gasteiger partial charge is 0.229 e. The van der Waals surface area contributed by atoms with Crippen LogP contribution in [0.4, 0.5) is 5.69 Å². The standard InChI is InChI=1S/C20H28N2O4S/c1-13-5-4-6-18(14(13)2)22-12-15(11-19(22)23)20(24)21-16-7-9-17(10-8-16)27(3,25)26/h7-10,13-15,18H,4-6,11-12H2,1-3H3,(H,21,24)/t13-,14+,15+,18+/m0/s1. The van der Waals surface area contributed by atoms with E-state index in [1.807, 2.05) is 4.90 Å². The van der Waals surface area contributed by atoms with Crippen molar-refractivity contribution >= 4 is 27.3 Å². The molecule has 1 heterocycles. The van der Waals surface area contributed by atoms with Crippen LogP contribution in [0.15, 0.2) is 29.2 Å². The maximum Gasteiger partial charge on any atom is 0.229 e. The van der Waals surface area contributed by atoms with Crippen molar-refractivity contribution in [1.29, 1.82) is 0 Å². The van der Waals surface area contributed by atoms with E-state index < -0.39 is 9.84 Å². The maximum atomic E-state index is 12.6. The molecule has 0 radical (unpaired) electrons. The number of anilines is 1. The Morgan fingerprint density at radius 3 is 2.44 bits per heavy atom. The highest BCUT2D eigenvalue weighted by Gasteiger charge is 2.41. The first-order chi connectivity index (χ1) is 12.7. The molecule has 3 rings (SSSR count). The third-order valence-corrected chi connectivity index (χ3v) is 7.27. The van der Waals surface area contributed by atoms with E-state index in [-0.39, 0.29) is 35.1 Å². The summed E-state index contributed by atoms with van der Waals surface area (Å²) in [6.07, 6.45) is 4.73. The molecule has 0 aromatic heterocycles. The molecular weight excluding hydrogens is 364 g/mol. The van der Waals surface area contributed by atoms with Crippen molar-refractivity contribution in [3.8, 4) is 0 Å². The topological polar surface area (TPSA) is 83.6 Å². The number of nitrogens with one attached hydrogen (secondary N) is 1. The summed E-state index contributed by atoms with van der Waals surface area (Å²) in [5.41, 5.74) is 0.540. The van der Waals surface area contributed by atoms with Crippen molar-refractivity contribution in [3.05, 3.63) is 24.3 Å². The fourth-order valence-corrected chi connectivity index (χ4v) is 4.88. The zero-order valence-electron chi connectivity index (χ0n) is 16.1. The Morgan fingerprint density at radius 1 is 1.15 bits per heavy atom. The normalized spacial score (nSPS) is 29.0. The number of nitrogens with zero attached hydrogens (tertiary/aromatic N) is 1. The summed E-state index contributed by atoms with van der Waals surface area (Å²) in [5, 5.41) is 2.81. The molecule has 0 bridgehead atoms. The molecule has 1 aliphatic carbocycles. The molecule has 27 heavy (non-hydrogen) atoms. The summed E-state index contributed by atoms with van der Waals surface area (Å²) >= 11 is 0. The van der Waals surface area contributed by atoms with Crippen LogP contribution < -0.4 is 5.32 Å². The van der Waals surface area contributed by atoms with Gasteiger partial charge in [0, 0.05) is 31.0 Å². The van der Waals surface area contributed by atoms with Crippen molar-refractivity contribution in [3.63, 3.8) is 0 Å². The molecular formula is C20H28N2O4S. The number of amides is 2. The minimum absolute atomic E-state index is 0.0634. The second kappa shape index (κ2) is 7.62. The summed E-state index contributed by atoms with van der Waals surface area (Å²) < 4.78 is 23.0. The van der Waals surface area contributed by atoms with E-state index in [0.717, 1.165) is 19.1 Å². The van der Waals surface area contributed by atoms with Gasteiger partial charge in [-0.2, -0.15) is 0 Å². The van der Waals surface area contributed by atoms with Gasteiger partial charge in [-0.1, -0.05) is 26.7 Å². The predicted octanol–water partition coefficient (Wildman–Crippen LogP) is 2.70. The van der Waals surface area contributed by atoms with Crippen molar-refractivity contribution in [2.75, 3.05) is 18.1 Å². The number of sulfone groups is 1. The Labute approximate surface area is 161 Å². The molecule has 7 heteroatoms. The molecule has 1 aromatic rings. The van der Waals surface area contributed by atoms with Crippen LogP contribution in [-0.4, -0.2) is 44.0 Å². The largest absolute Gasteiger partial charge is 0.339 e. The second-order valence-corrected chi connectivity index (χ2v) is 10.1. The van der Waals surface area contributed by atoms with Crippen molar-refractivity contribution in [1.82, 2.24) is 4.90 Å². The van der Waals surface area contributed by atoms with Gasteiger partial charge in [0.05, 0.1) is 10.8 Å². The average Bonchev–Trinajstić information content (AvgIpc) is 2.99. The minimum Gasteiger partial charge on any atom is -0.339 e. The van der Waals surface area contributed by atoms with Crippen LogP contribution in [0.5, 0.6) is 0 Å². The van der Waals surface area contributed by atoms with Gasteiger partial charge in [-0.25, -0.2) is 8.42 Å². The van der Waals surface area contributed by atoms with E-state index in [1.54, 1.807) is 12.1 Å². The molecule has 0 unspecified atom stereocenters. The number of carbonyl (C=O) groups excluding carboxylic acids is 2. The molecule has 1 aliphatic heterocycles. The second-order valence-electron chi connectivity index (χ2n) is 8.07. The Kier molecular flexibility index (Phi) is 5.60. The highest BCUT2D eigenvalue weighted by atomic mass is 32.2. The van der Waals surface area contributed by atoms with E-state index in [9.17, 15) is 18.0 Å². The Hall–Kier alpha value is -1.89. The zero-order chi connectivity index (χ0) is 19.8. The number of hydrogen-bond donors (Lipinski definition) is 1. The number of rotatable bonds is 4. The van der Waals surface area contributed by atoms with Gasteiger partial charge in [-0.15, -0.1) is 0 Å². The molecule has 148 valence electrons. The van der Waals surface area contributed by atoms with Gasteiger partial charge in [-0.3, -0.25) is 9.59 Å². The van der Waals surface area contributed by atoms with E-state index in [1.165, 1.54) is 18.6 Å². The quantitative estimate of drug-likeness (QED) is 0.854. The molecule has 1 saturated heterocycles. The van der Waals surface area contributed by atoms with E-state index in [2.05, 4.69) is 19.2 Å². The summed E-state index contributed by atoms with van der Waals surface area (Å²) in [4.78, 5) is 27.3. The lowest BCUT2D eigenvalue weighted by Crippen LogP contribution is -2.45. The summed E-state index contributed by atoms with van der Waals surface area (Å²) in [7, 11) is -3.26. The van der Waals surface area contributed by atoms with Gasteiger partial charge >= 0.3 is 0 Å². The lowest BCUT2D eigenvalue weighted by Gasteiger charge is -2.40. The van der Waals surface area contributed by atoms with Crippen molar-refractivity contribution < 1.29 is 18.0 Å². The number of carbonyl (C=O) groups is 2. The summed E-state index contributed by atoms with van der Waals surface area (Å²) in [5.74, 6) is 0.561. The van der Waals surface area contributed by atoms with Gasteiger partial charge < -0.3 is 10.2 Å². The predicted molar refractivity (Wildman–Crippen MR) is 104 cm³/mol. The fraction of sp³-hybridized carbons (Fsp3) is 0.600. The van der Waals surface area contributed by atoms with Crippen LogP contribution in [0, 0.1) is 17.8 Å². The fourth-order valence-electron chi connectivity index (χ4n) is 4.25. The molecule has 6 nitrogen and oxygen atoms in total. The third kappa shape index (κ3) is 4.34. The first kappa shape index (κ1) is 19.9. The van der Waals surface area contributed by atoms with Gasteiger partial charge in [0.15, 0.2) is 9.84 Å². The number of benzene rings is 1. The van der Waals surface area contributed by atoms with Crippen LogP contribution >= 0.6 is 0 Å². The van der Waals surface area contributed by atoms with Crippen LogP contribution in [0.2, 0.25) is 0 Å². The molecule has 2 aliphatic rings. The van der Waals surface area contributed by atoms with Gasteiger partial charge in [0.25, 0.3) is 0 Å². The molecule has 1 N–H and O–H groups in total. The van der Waals surface area contributed by atoms with Crippen LogP contribution in [0.3, 0.4) is 0 Å². The highest BCUT2D eigenvalue weighted by Crippen LogP contribution is 2.36. The summed E-state index contributed by atoms with van der Waals surface area (Å²) in [6.45, 7) is 4.91. The van der Waals surface area contributed by atoms with Crippen molar-refractivity contribution in [2.24, 2.45) is 17.8 Å². The lowest BCUT2D eigenvalue weighted by molar-refractivity contribution is -0.131. The Bertz CT molecular complexity index is 819. The molecule has 1 aromatic carbocycles. The van der Waals surface area contributed by atoms with Crippen molar-refractivity contribution in [2.45, 2.75) is 50.5 Å². The highest BCUT2D eigenvalue weighted by molar-refractivity contribution is 7.90. The molecule has 2 amide bonds. The average molecular weight is 393 g/mol. The van der Waals surface area contributed by atoms with Gasteiger partial charge in [0.2, 0.25) is 11.8 Å². The monoisotopic (exact) mass is 392 g/mol. The first-order valence-electron chi connectivity index (χ1n) is 9.57. The van der Waals surface area contributed by atoms with E-state index >= 15 is 0 Å². The zero-order valence-corrected chi connectivity index (χ0v) is 17.0. The van der Waals surface area contributed by atoms with Crippen LogP contribution in [0.25, 0.3) is 0 Å². The maximum absolute atomic E-state index is 12.6. The minimum atomic E-state index is -3.26. The third-order valence-electron chi connectivity index (χ3n) is 6.14. The Balaban J connectivity index is 1.64.